The molecule has 0 spiro atoms. The number of carbonyl (C=O) groups excluding carboxylic acids is 1. The standard InChI is InChI=1S/C13H26.C11H13N3.C5H6N2OS/c1-3-5-7-13-10-8-12(6-4-2)9-11-13;1-8-12-10-7-5-4-6-9(10)11(13-8)14(2)3;1-3-5(4(2)8)9-7-6-3/h12-13H,3-11H2,1-2H3;4-7H,1-3H3;1-2H3. The van der Waals surface area contributed by atoms with Gasteiger partial charge in [-0.2, -0.15) is 0 Å². The molecule has 0 amide bonds. The van der Waals surface area contributed by atoms with Crippen molar-refractivity contribution in [2.24, 2.45) is 11.8 Å². The topological polar surface area (TPSA) is 71.9 Å². The Kier molecular flexibility index (Phi) is 13.0. The number of benzene rings is 1. The molecule has 0 radical (unpaired) electrons. The van der Waals surface area contributed by atoms with Crippen LogP contribution in [0.4, 0.5) is 5.82 Å². The van der Waals surface area contributed by atoms with Gasteiger partial charge in [0.2, 0.25) is 0 Å². The van der Waals surface area contributed by atoms with Gasteiger partial charge in [-0.3, -0.25) is 4.79 Å². The molecule has 1 aromatic carbocycles. The lowest BCUT2D eigenvalue weighted by atomic mass is 9.78. The summed E-state index contributed by atoms with van der Waals surface area (Å²) in [5.74, 6) is 4.01. The molecule has 1 saturated carbocycles. The second-order valence-corrected chi connectivity index (χ2v) is 10.8. The lowest BCUT2D eigenvalue weighted by molar-refractivity contribution is 0.102. The van der Waals surface area contributed by atoms with Crippen LogP contribution in [0.25, 0.3) is 10.9 Å². The summed E-state index contributed by atoms with van der Waals surface area (Å²) < 4.78 is 3.61. The first kappa shape index (κ1) is 29.8. The van der Waals surface area contributed by atoms with E-state index in [1.807, 2.05) is 50.2 Å². The van der Waals surface area contributed by atoms with E-state index in [4.69, 9.17) is 0 Å². The van der Waals surface area contributed by atoms with Gasteiger partial charge in [-0.15, -0.1) is 5.10 Å². The lowest BCUT2D eigenvalue weighted by Crippen LogP contribution is -2.14. The molecule has 1 fully saturated rings. The smallest absolute Gasteiger partial charge is 0.173 e. The SMILES string of the molecule is CC(=O)c1snnc1C.CCCCC1CCC(CCC)CC1.Cc1nc(N(C)C)c2ccccc2n1. The predicted molar refractivity (Wildman–Crippen MR) is 153 cm³/mol. The Morgan fingerprint density at radius 3 is 2.11 bits per heavy atom. The van der Waals surface area contributed by atoms with Crippen LogP contribution in [-0.2, 0) is 0 Å². The Hall–Kier alpha value is -2.41. The fourth-order valence-corrected chi connectivity index (χ4v) is 5.32. The molecule has 0 unspecified atom stereocenters. The fraction of sp³-hybridized carbons (Fsp3) is 0.621. The molecule has 0 atom stereocenters. The monoisotopic (exact) mass is 511 g/mol. The van der Waals surface area contributed by atoms with E-state index in [2.05, 4.69) is 33.4 Å². The number of ketones is 1. The molecule has 36 heavy (non-hydrogen) atoms. The van der Waals surface area contributed by atoms with Crippen molar-refractivity contribution in [1.82, 2.24) is 19.6 Å². The Morgan fingerprint density at radius 2 is 1.61 bits per heavy atom. The second kappa shape index (κ2) is 15.6. The Balaban J connectivity index is 0.000000195. The van der Waals surface area contributed by atoms with Crippen LogP contribution in [0.3, 0.4) is 0 Å². The largest absolute Gasteiger partial charge is 0.362 e. The Labute approximate surface area is 222 Å². The molecule has 1 aliphatic carbocycles. The van der Waals surface area contributed by atoms with Crippen LogP contribution in [0.1, 0.15) is 99.7 Å². The third-order valence-electron chi connectivity index (χ3n) is 6.72. The Bertz CT molecular complexity index is 1060. The summed E-state index contributed by atoms with van der Waals surface area (Å²) in [6.45, 7) is 9.84. The zero-order valence-corrected chi connectivity index (χ0v) is 24.2. The predicted octanol–water partition coefficient (Wildman–Crippen LogP) is 7.84. The fourth-order valence-electron chi connectivity index (χ4n) is 4.78. The first-order valence-corrected chi connectivity index (χ1v) is 14.2. The molecular weight excluding hydrogens is 466 g/mol. The van der Waals surface area contributed by atoms with Gasteiger partial charge in [0.15, 0.2) is 5.78 Å². The van der Waals surface area contributed by atoms with E-state index >= 15 is 0 Å². The summed E-state index contributed by atoms with van der Waals surface area (Å²) in [6.07, 6.45) is 13.4. The summed E-state index contributed by atoms with van der Waals surface area (Å²) >= 11 is 1.15. The number of rotatable bonds is 7. The number of hydrogen-bond acceptors (Lipinski definition) is 7. The molecule has 3 aromatic rings. The molecule has 2 heterocycles. The van der Waals surface area contributed by atoms with Gasteiger partial charge < -0.3 is 4.90 Å². The average Bonchev–Trinajstić information content (AvgIpc) is 3.30. The highest BCUT2D eigenvalue weighted by molar-refractivity contribution is 7.08. The number of aryl methyl sites for hydroxylation is 2. The summed E-state index contributed by atoms with van der Waals surface area (Å²) in [6, 6.07) is 8.06. The minimum atomic E-state index is 0.0440. The molecule has 0 bridgehead atoms. The van der Waals surface area contributed by atoms with Gasteiger partial charge in [0.1, 0.15) is 16.5 Å². The van der Waals surface area contributed by atoms with Crippen molar-refractivity contribution in [1.29, 1.82) is 0 Å². The van der Waals surface area contributed by atoms with Gasteiger partial charge >= 0.3 is 0 Å². The summed E-state index contributed by atoms with van der Waals surface area (Å²) in [5, 5.41) is 4.79. The normalized spacial score (nSPS) is 17.0. The zero-order chi connectivity index (χ0) is 26.5. The van der Waals surface area contributed by atoms with E-state index < -0.39 is 0 Å². The van der Waals surface area contributed by atoms with Crippen molar-refractivity contribution in [3.05, 3.63) is 40.7 Å². The number of carbonyl (C=O) groups is 1. The van der Waals surface area contributed by atoms with Crippen LogP contribution in [0.2, 0.25) is 0 Å². The number of aromatic nitrogens is 4. The van der Waals surface area contributed by atoms with Crippen molar-refractivity contribution >= 4 is 34.0 Å². The van der Waals surface area contributed by atoms with E-state index in [0.29, 0.717) is 4.88 Å². The molecule has 0 saturated heterocycles. The van der Waals surface area contributed by atoms with E-state index in [-0.39, 0.29) is 5.78 Å². The third-order valence-corrected chi connectivity index (χ3v) is 7.65. The van der Waals surface area contributed by atoms with Gasteiger partial charge in [0.05, 0.1) is 11.2 Å². The quantitative estimate of drug-likeness (QED) is 0.301. The average molecular weight is 512 g/mol. The molecule has 0 N–H and O–H groups in total. The van der Waals surface area contributed by atoms with Crippen LogP contribution in [0, 0.1) is 25.7 Å². The lowest BCUT2D eigenvalue weighted by Gasteiger charge is -2.28. The van der Waals surface area contributed by atoms with E-state index in [9.17, 15) is 4.79 Å². The van der Waals surface area contributed by atoms with Crippen molar-refractivity contribution in [2.75, 3.05) is 19.0 Å². The first-order valence-electron chi connectivity index (χ1n) is 13.5. The van der Waals surface area contributed by atoms with Crippen LogP contribution in [0.5, 0.6) is 0 Å². The minimum absolute atomic E-state index is 0.0440. The van der Waals surface area contributed by atoms with Crippen molar-refractivity contribution in [3.63, 3.8) is 0 Å². The summed E-state index contributed by atoms with van der Waals surface area (Å²) in [4.78, 5) is 22.1. The number of Topliss-reactive ketones (excluding diaryl/α,β-unsaturated/α-hetero) is 1. The summed E-state index contributed by atoms with van der Waals surface area (Å²) in [5.41, 5.74) is 1.73. The van der Waals surface area contributed by atoms with Gasteiger partial charge in [-0.1, -0.05) is 88.3 Å². The highest BCUT2D eigenvalue weighted by Crippen LogP contribution is 2.33. The molecule has 2 aromatic heterocycles. The van der Waals surface area contributed by atoms with Crippen molar-refractivity contribution in [2.45, 2.75) is 92.4 Å². The molecule has 7 heteroatoms. The zero-order valence-electron chi connectivity index (χ0n) is 23.4. The highest BCUT2D eigenvalue weighted by Gasteiger charge is 2.19. The number of anilines is 1. The number of nitrogens with zero attached hydrogens (tertiary/aromatic N) is 5. The van der Waals surface area contributed by atoms with Gasteiger partial charge in [0, 0.05) is 26.4 Å². The maximum atomic E-state index is 10.7. The Morgan fingerprint density at radius 1 is 0.972 bits per heavy atom. The molecular formula is C29H45N5OS. The molecule has 1 aliphatic rings. The van der Waals surface area contributed by atoms with Crippen LogP contribution >= 0.6 is 11.5 Å². The van der Waals surface area contributed by atoms with Crippen molar-refractivity contribution in [3.8, 4) is 0 Å². The van der Waals surface area contributed by atoms with Crippen LogP contribution < -0.4 is 4.90 Å². The van der Waals surface area contributed by atoms with Crippen molar-refractivity contribution < 1.29 is 4.79 Å². The van der Waals surface area contributed by atoms with E-state index in [1.165, 1.54) is 64.7 Å². The van der Waals surface area contributed by atoms with E-state index in [1.54, 1.807) is 6.92 Å². The van der Waals surface area contributed by atoms with E-state index in [0.717, 1.165) is 51.6 Å². The first-order chi connectivity index (χ1) is 17.3. The minimum Gasteiger partial charge on any atom is -0.362 e. The number of unbranched alkanes of at least 4 members (excludes halogenated alkanes) is 1. The van der Waals surface area contributed by atoms with Gasteiger partial charge in [-0.05, 0) is 49.3 Å². The molecule has 4 rings (SSSR count). The molecule has 0 aliphatic heterocycles. The van der Waals surface area contributed by atoms with Gasteiger partial charge in [0.25, 0.3) is 0 Å². The maximum absolute atomic E-state index is 10.7. The summed E-state index contributed by atoms with van der Waals surface area (Å²) in [7, 11) is 3.99. The van der Waals surface area contributed by atoms with Crippen LogP contribution in [0.15, 0.2) is 24.3 Å². The highest BCUT2D eigenvalue weighted by atomic mass is 32.1. The maximum Gasteiger partial charge on any atom is 0.173 e. The van der Waals surface area contributed by atoms with Crippen LogP contribution in [-0.4, -0.2) is 39.4 Å². The third kappa shape index (κ3) is 9.57. The second-order valence-electron chi connectivity index (χ2n) is 10.1. The number of hydrogen-bond donors (Lipinski definition) is 0. The molecule has 6 nitrogen and oxygen atoms in total. The number of fused-ring (bicyclic) bond motifs is 1. The molecule has 198 valence electrons. The van der Waals surface area contributed by atoms with Gasteiger partial charge in [-0.25, -0.2) is 9.97 Å². The number of para-hydroxylation sites is 1.